The van der Waals surface area contributed by atoms with E-state index in [9.17, 15) is 4.79 Å². The van der Waals surface area contributed by atoms with Crippen molar-refractivity contribution in [1.82, 2.24) is 15.6 Å². The molecular weight excluding hydrogens is 305 g/mol. The standard InChI is InChI=1S/C12H17N3OS.2ClH/c16-11(14-9-2-1-5-13-6-9)10-7-17-12(15-10)8-3-4-8;;/h7-9,13H,1-6H2,(H,14,16);2*1H/t9-;;/m0../s1. The lowest BCUT2D eigenvalue weighted by molar-refractivity contribution is 0.0926. The molecule has 1 aliphatic carbocycles. The predicted octanol–water partition coefficient (Wildman–Crippen LogP) is 2.35. The van der Waals surface area contributed by atoms with E-state index in [1.165, 1.54) is 12.8 Å². The number of nitrogens with one attached hydrogen (secondary N) is 2. The van der Waals surface area contributed by atoms with E-state index in [-0.39, 0.29) is 36.8 Å². The Labute approximate surface area is 129 Å². The highest BCUT2D eigenvalue weighted by Gasteiger charge is 2.27. The molecule has 1 aliphatic heterocycles. The highest BCUT2D eigenvalue weighted by molar-refractivity contribution is 7.10. The van der Waals surface area contributed by atoms with Crippen molar-refractivity contribution in [3.63, 3.8) is 0 Å². The van der Waals surface area contributed by atoms with Crippen molar-refractivity contribution in [2.24, 2.45) is 0 Å². The predicted molar refractivity (Wildman–Crippen MR) is 81.9 cm³/mol. The van der Waals surface area contributed by atoms with E-state index >= 15 is 0 Å². The average molecular weight is 324 g/mol. The number of piperidine rings is 1. The lowest BCUT2D eigenvalue weighted by Gasteiger charge is -2.23. The van der Waals surface area contributed by atoms with E-state index < -0.39 is 0 Å². The zero-order chi connectivity index (χ0) is 11.7. The molecule has 0 bridgehead atoms. The topological polar surface area (TPSA) is 54.0 Å². The van der Waals surface area contributed by atoms with Crippen LogP contribution in [-0.4, -0.2) is 30.0 Å². The summed E-state index contributed by atoms with van der Waals surface area (Å²) in [6.07, 6.45) is 4.68. The van der Waals surface area contributed by atoms with Gasteiger partial charge in [0.15, 0.2) is 0 Å². The SMILES string of the molecule is Cl.Cl.O=C(N[C@H]1CCCNC1)c1csc(C2CC2)n1. The molecule has 1 atom stereocenters. The monoisotopic (exact) mass is 323 g/mol. The van der Waals surface area contributed by atoms with Crippen LogP contribution in [0.5, 0.6) is 0 Å². The van der Waals surface area contributed by atoms with Crippen LogP contribution in [0.3, 0.4) is 0 Å². The Morgan fingerprint density at radius 1 is 1.37 bits per heavy atom. The second-order valence-electron chi connectivity index (χ2n) is 4.86. The van der Waals surface area contributed by atoms with Crippen molar-refractivity contribution in [2.45, 2.75) is 37.6 Å². The van der Waals surface area contributed by atoms with Gasteiger partial charge < -0.3 is 10.6 Å². The van der Waals surface area contributed by atoms with Crippen LogP contribution in [0.4, 0.5) is 0 Å². The molecule has 19 heavy (non-hydrogen) atoms. The molecule has 4 nitrogen and oxygen atoms in total. The van der Waals surface area contributed by atoms with Gasteiger partial charge in [-0.15, -0.1) is 36.2 Å². The summed E-state index contributed by atoms with van der Waals surface area (Å²) >= 11 is 1.62. The fraction of sp³-hybridized carbons (Fsp3) is 0.667. The van der Waals surface area contributed by atoms with Crippen molar-refractivity contribution in [3.8, 4) is 0 Å². The smallest absolute Gasteiger partial charge is 0.271 e. The number of halogens is 2. The van der Waals surface area contributed by atoms with Gasteiger partial charge in [-0.25, -0.2) is 4.98 Å². The van der Waals surface area contributed by atoms with Gasteiger partial charge in [0, 0.05) is 23.9 Å². The summed E-state index contributed by atoms with van der Waals surface area (Å²) in [5.41, 5.74) is 0.600. The second kappa shape index (κ2) is 7.43. The van der Waals surface area contributed by atoms with Crippen LogP contribution < -0.4 is 10.6 Å². The molecule has 108 valence electrons. The highest BCUT2D eigenvalue weighted by atomic mass is 35.5. The fourth-order valence-corrected chi connectivity index (χ4v) is 3.12. The van der Waals surface area contributed by atoms with Crippen molar-refractivity contribution in [1.29, 1.82) is 0 Å². The molecule has 0 aromatic carbocycles. The van der Waals surface area contributed by atoms with Crippen LogP contribution in [0.25, 0.3) is 0 Å². The highest BCUT2D eigenvalue weighted by Crippen LogP contribution is 2.41. The van der Waals surface area contributed by atoms with Crippen LogP contribution in [-0.2, 0) is 0 Å². The maximum absolute atomic E-state index is 12.0. The molecular formula is C12H19Cl2N3OS. The second-order valence-corrected chi connectivity index (χ2v) is 5.75. The molecule has 7 heteroatoms. The molecule has 2 fully saturated rings. The summed E-state index contributed by atoms with van der Waals surface area (Å²) in [5, 5.41) is 9.37. The summed E-state index contributed by atoms with van der Waals surface area (Å²) < 4.78 is 0. The van der Waals surface area contributed by atoms with Gasteiger partial charge in [-0.1, -0.05) is 0 Å². The zero-order valence-electron chi connectivity index (χ0n) is 10.6. The van der Waals surface area contributed by atoms with Crippen molar-refractivity contribution < 1.29 is 4.79 Å². The molecule has 3 rings (SSSR count). The van der Waals surface area contributed by atoms with Gasteiger partial charge in [0.1, 0.15) is 5.69 Å². The first-order valence-corrected chi connectivity index (χ1v) is 7.18. The van der Waals surface area contributed by atoms with Crippen LogP contribution in [0, 0.1) is 0 Å². The Morgan fingerprint density at radius 3 is 2.79 bits per heavy atom. The molecule has 1 saturated carbocycles. The minimum absolute atomic E-state index is 0. The van der Waals surface area contributed by atoms with E-state index in [1.807, 2.05) is 5.38 Å². The number of amides is 1. The first kappa shape index (κ1) is 16.7. The first-order valence-electron chi connectivity index (χ1n) is 6.30. The van der Waals surface area contributed by atoms with Gasteiger partial charge in [-0.3, -0.25) is 4.79 Å². The van der Waals surface area contributed by atoms with Gasteiger partial charge in [0.05, 0.1) is 5.01 Å². The van der Waals surface area contributed by atoms with Gasteiger partial charge in [0.25, 0.3) is 5.91 Å². The first-order chi connectivity index (χ1) is 8.33. The summed E-state index contributed by atoms with van der Waals surface area (Å²) in [6.45, 7) is 1.94. The Bertz CT molecular complexity index is 417. The van der Waals surface area contributed by atoms with E-state index in [1.54, 1.807) is 11.3 Å². The van der Waals surface area contributed by atoms with Crippen molar-refractivity contribution >= 4 is 42.1 Å². The van der Waals surface area contributed by atoms with Gasteiger partial charge in [0.2, 0.25) is 0 Å². The molecule has 2 N–H and O–H groups in total. The number of carbonyl (C=O) groups is 1. The lowest BCUT2D eigenvalue weighted by Crippen LogP contribution is -2.45. The van der Waals surface area contributed by atoms with Crippen LogP contribution in [0.2, 0.25) is 0 Å². The third-order valence-corrected chi connectivity index (χ3v) is 4.32. The van der Waals surface area contributed by atoms with E-state index in [0.29, 0.717) is 11.6 Å². The van der Waals surface area contributed by atoms with E-state index in [0.717, 1.165) is 30.9 Å². The Kier molecular flexibility index (Phi) is 6.53. The number of nitrogens with zero attached hydrogens (tertiary/aromatic N) is 1. The minimum atomic E-state index is -0.0122. The largest absolute Gasteiger partial charge is 0.347 e. The van der Waals surface area contributed by atoms with Crippen molar-refractivity contribution in [2.75, 3.05) is 13.1 Å². The zero-order valence-corrected chi connectivity index (χ0v) is 13.0. The van der Waals surface area contributed by atoms with Crippen LogP contribution in [0.1, 0.15) is 47.1 Å². The summed E-state index contributed by atoms with van der Waals surface area (Å²) in [4.78, 5) is 16.4. The van der Waals surface area contributed by atoms with Gasteiger partial charge in [-0.05, 0) is 32.2 Å². The lowest BCUT2D eigenvalue weighted by atomic mass is 10.1. The van der Waals surface area contributed by atoms with Crippen molar-refractivity contribution in [3.05, 3.63) is 16.1 Å². The molecule has 1 aromatic rings. The molecule has 1 saturated heterocycles. The molecule has 1 amide bonds. The maximum Gasteiger partial charge on any atom is 0.271 e. The number of hydrogen-bond acceptors (Lipinski definition) is 4. The Balaban J connectivity index is 0.000000902. The molecule has 2 aliphatic rings. The summed E-state index contributed by atoms with van der Waals surface area (Å²) in [7, 11) is 0. The fourth-order valence-electron chi connectivity index (χ4n) is 2.14. The molecule has 0 radical (unpaired) electrons. The minimum Gasteiger partial charge on any atom is -0.347 e. The third-order valence-electron chi connectivity index (χ3n) is 3.31. The maximum atomic E-state index is 12.0. The van der Waals surface area contributed by atoms with Gasteiger partial charge in [-0.2, -0.15) is 0 Å². The molecule has 2 heterocycles. The van der Waals surface area contributed by atoms with Gasteiger partial charge >= 0.3 is 0 Å². The normalized spacial score (nSPS) is 22.0. The van der Waals surface area contributed by atoms with Crippen LogP contribution in [0.15, 0.2) is 5.38 Å². The number of thiazole rings is 1. The van der Waals surface area contributed by atoms with E-state index in [2.05, 4.69) is 15.6 Å². The van der Waals surface area contributed by atoms with Crippen LogP contribution >= 0.6 is 36.2 Å². The number of aromatic nitrogens is 1. The molecule has 0 unspecified atom stereocenters. The van der Waals surface area contributed by atoms with E-state index in [4.69, 9.17) is 0 Å². The third kappa shape index (κ3) is 4.31. The molecule has 1 aromatic heterocycles. The number of hydrogen-bond donors (Lipinski definition) is 2. The Morgan fingerprint density at radius 2 is 2.16 bits per heavy atom. The Hall–Kier alpha value is -0.360. The summed E-state index contributed by atoms with van der Waals surface area (Å²) in [5.74, 6) is 0.625. The molecule has 0 spiro atoms. The number of carbonyl (C=O) groups excluding carboxylic acids is 1. The summed E-state index contributed by atoms with van der Waals surface area (Å²) in [6, 6.07) is 0.266. The number of rotatable bonds is 3. The average Bonchev–Trinajstić information content (AvgIpc) is 3.08. The quantitative estimate of drug-likeness (QED) is 0.897.